The highest BCUT2D eigenvalue weighted by Gasteiger charge is 2.00. The van der Waals surface area contributed by atoms with Gasteiger partial charge >= 0.3 is 0 Å². The van der Waals surface area contributed by atoms with E-state index in [9.17, 15) is 4.39 Å². The quantitative estimate of drug-likeness (QED) is 0.876. The molecule has 3 nitrogen and oxygen atoms in total. The van der Waals surface area contributed by atoms with Gasteiger partial charge in [0.2, 0.25) is 5.88 Å². The zero-order valence-electron chi connectivity index (χ0n) is 9.48. The molecule has 0 atom stereocenters. The van der Waals surface area contributed by atoms with E-state index in [2.05, 4.69) is 10.3 Å². The highest BCUT2D eigenvalue weighted by molar-refractivity contribution is 5.38. The number of nitrogens with zero attached hydrogens (tertiary/aromatic N) is 1. The Kier molecular flexibility index (Phi) is 3.55. The second kappa shape index (κ2) is 5.30. The molecular weight excluding hydrogens is 219 g/mol. The summed E-state index contributed by atoms with van der Waals surface area (Å²) in [5.41, 5.74) is 0. The predicted octanol–water partition coefficient (Wildman–Crippen LogP) is 3.44. The van der Waals surface area contributed by atoms with E-state index < -0.39 is 0 Å². The van der Waals surface area contributed by atoms with Crippen LogP contribution in [-0.2, 0) is 0 Å². The molecule has 1 aromatic heterocycles. The van der Waals surface area contributed by atoms with Crippen LogP contribution in [0, 0.1) is 5.82 Å². The first-order valence-electron chi connectivity index (χ1n) is 5.42. The maximum absolute atomic E-state index is 12.7. The van der Waals surface area contributed by atoms with Crippen molar-refractivity contribution in [2.45, 2.75) is 6.92 Å². The number of hydrogen-bond donors (Lipinski definition) is 1. The van der Waals surface area contributed by atoms with Crippen LogP contribution in [-0.4, -0.2) is 11.5 Å². The molecule has 0 unspecified atom stereocenters. The fraction of sp³-hybridized carbons (Fsp3) is 0.154. The molecule has 1 heterocycles. The first kappa shape index (κ1) is 11.4. The summed E-state index contributed by atoms with van der Waals surface area (Å²) >= 11 is 0. The summed E-state index contributed by atoms with van der Waals surface area (Å²) in [4.78, 5) is 4.25. The minimum atomic E-state index is -0.285. The highest BCUT2D eigenvalue weighted by Crippen LogP contribution is 2.20. The van der Waals surface area contributed by atoms with Gasteiger partial charge in [0.15, 0.2) is 0 Å². The Labute approximate surface area is 99.3 Å². The van der Waals surface area contributed by atoms with Crippen molar-refractivity contribution in [3.8, 4) is 11.6 Å². The van der Waals surface area contributed by atoms with Crippen LogP contribution in [0.2, 0.25) is 0 Å². The van der Waals surface area contributed by atoms with Crippen LogP contribution < -0.4 is 10.1 Å². The molecule has 0 aliphatic rings. The zero-order chi connectivity index (χ0) is 12.1. The molecule has 0 bridgehead atoms. The minimum absolute atomic E-state index is 0.285. The van der Waals surface area contributed by atoms with E-state index in [-0.39, 0.29) is 5.82 Å². The fourth-order valence-corrected chi connectivity index (χ4v) is 1.37. The number of anilines is 1. The van der Waals surface area contributed by atoms with Gasteiger partial charge in [-0.25, -0.2) is 4.39 Å². The van der Waals surface area contributed by atoms with Gasteiger partial charge in [-0.15, -0.1) is 0 Å². The summed E-state index contributed by atoms with van der Waals surface area (Å²) in [7, 11) is 0. The number of benzene rings is 1. The summed E-state index contributed by atoms with van der Waals surface area (Å²) in [6.45, 7) is 2.79. The molecule has 1 aromatic carbocycles. The van der Waals surface area contributed by atoms with Crippen LogP contribution in [0.1, 0.15) is 6.92 Å². The first-order valence-corrected chi connectivity index (χ1v) is 5.42. The Morgan fingerprint density at radius 3 is 2.65 bits per heavy atom. The van der Waals surface area contributed by atoms with Gasteiger partial charge in [-0.05, 0) is 37.3 Å². The van der Waals surface area contributed by atoms with Crippen LogP contribution in [0.15, 0.2) is 42.5 Å². The van der Waals surface area contributed by atoms with Crippen molar-refractivity contribution in [2.75, 3.05) is 11.9 Å². The Morgan fingerprint density at radius 2 is 1.94 bits per heavy atom. The van der Waals surface area contributed by atoms with Crippen molar-refractivity contribution in [1.29, 1.82) is 0 Å². The lowest BCUT2D eigenvalue weighted by molar-refractivity contribution is 0.462. The average Bonchev–Trinajstić information content (AvgIpc) is 2.33. The Morgan fingerprint density at radius 1 is 1.18 bits per heavy atom. The summed E-state index contributed by atoms with van der Waals surface area (Å²) in [5.74, 6) is 1.52. The molecule has 88 valence electrons. The van der Waals surface area contributed by atoms with Gasteiger partial charge in [0, 0.05) is 12.6 Å². The second-order valence-electron chi connectivity index (χ2n) is 3.45. The Bertz CT molecular complexity index is 485. The van der Waals surface area contributed by atoms with Gasteiger partial charge in [-0.2, -0.15) is 4.98 Å². The molecule has 0 radical (unpaired) electrons. The lowest BCUT2D eigenvalue weighted by Crippen LogP contribution is -1.99. The van der Waals surface area contributed by atoms with Gasteiger partial charge in [0.1, 0.15) is 17.4 Å². The largest absolute Gasteiger partial charge is 0.439 e. The van der Waals surface area contributed by atoms with Crippen molar-refractivity contribution < 1.29 is 9.13 Å². The molecule has 0 amide bonds. The van der Waals surface area contributed by atoms with E-state index in [4.69, 9.17) is 4.74 Å². The number of nitrogens with one attached hydrogen (secondary N) is 1. The monoisotopic (exact) mass is 232 g/mol. The van der Waals surface area contributed by atoms with Gasteiger partial charge in [-0.3, -0.25) is 0 Å². The van der Waals surface area contributed by atoms with Crippen molar-refractivity contribution in [2.24, 2.45) is 0 Å². The van der Waals surface area contributed by atoms with Gasteiger partial charge in [0.05, 0.1) is 0 Å². The Hall–Kier alpha value is -2.10. The van der Waals surface area contributed by atoms with E-state index in [0.29, 0.717) is 11.6 Å². The van der Waals surface area contributed by atoms with Crippen LogP contribution in [0.5, 0.6) is 11.6 Å². The molecule has 0 aliphatic heterocycles. The number of pyridine rings is 1. The highest BCUT2D eigenvalue weighted by atomic mass is 19.1. The van der Waals surface area contributed by atoms with E-state index in [1.54, 1.807) is 18.2 Å². The third kappa shape index (κ3) is 3.17. The topological polar surface area (TPSA) is 34.1 Å². The molecule has 4 heteroatoms. The molecule has 1 N–H and O–H groups in total. The van der Waals surface area contributed by atoms with E-state index in [0.717, 1.165) is 12.4 Å². The standard InChI is InChI=1S/C13H13FN2O/c1-2-15-12-4-3-5-13(16-12)17-11-8-6-10(14)7-9-11/h3-9H,2H2,1H3,(H,15,16). The van der Waals surface area contributed by atoms with Gasteiger partial charge < -0.3 is 10.1 Å². The Balaban J connectivity index is 2.12. The number of hydrogen-bond acceptors (Lipinski definition) is 3. The smallest absolute Gasteiger partial charge is 0.221 e. The van der Waals surface area contributed by atoms with E-state index in [1.165, 1.54) is 12.1 Å². The van der Waals surface area contributed by atoms with E-state index >= 15 is 0 Å². The number of halogens is 1. The number of rotatable bonds is 4. The molecule has 0 saturated carbocycles. The van der Waals surface area contributed by atoms with E-state index in [1.807, 2.05) is 19.1 Å². The van der Waals surface area contributed by atoms with Gasteiger partial charge in [-0.1, -0.05) is 6.07 Å². The number of aromatic nitrogens is 1. The molecular formula is C13H13FN2O. The minimum Gasteiger partial charge on any atom is -0.439 e. The maximum Gasteiger partial charge on any atom is 0.221 e. The molecule has 0 spiro atoms. The molecule has 0 aliphatic carbocycles. The van der Waals surface area contributed by atoms with Crippen molar-refractivity contribution in [3.63, 3.8) is 0 Å². The normalized spacial score (nSPS) is 10.0. The lowest BCUT2D eigenvalue weighted by Gasteiger charge is -2.07. The van der Waals surface area contributed by atoms with Crippen molar-refractivity contribution in [1.82, 2.24) is 4.98 Å². The summed E-state index contributed by atoms with van der Waals surface area (Å²) in [6.07, 6.45) is 0. The lowest BCUT2D eigenvalue weighted by atomic mass is 10.3. The SMILES string of the molecule is CCNc1cccc(Oc2ccc(F)cc2)n1. The van der Waals surface area contributed by atoms with Crippen molar-refractivity contribution in [3.05, 3.63) is 48.3 Å². The summed E-state index contributed by atoms with van der Waals surface area (Å²) in [5, 5.41) is 3.09. The van der Waals surface area contributed by atoms with Gasteiger partial charge in [0.25, 0.3) is 0 Å². The van der Waals surface area contributed by atoms with Crippen LogP contribution in [0.4, 0.5) is 10.2 Å². The molecule has 2 aromatic rings. The average molecular weight is 232 g/mol. The molecule has 2 rings (SSSR count). The fourth-order valence-electron chi connectivity index (χ4n) is 1.37. The molecule has 0 fully saturated rings. The van der Waals surface area contributed by atoms with Crippen molar-refractivity contribution >= 4 is 5.82 Å². The molecule has 17 heavy (non-hydrogen) atoms. The van der Waals surface area contributed by atoms with Crippen LogP contribution in [0.3, 0.4) is 0 Å². The third-order valence-electron chi connectivity index (χ3n) is 2.12. The summed E-state index contributed by atoms with van der Waals surface area (Å²) < 4.78 is 18.2. The summed E-state index contributed by atoms with van der Waals surface area (Å²) in [6, 6.07) is 11.3. The van der Waals surface area contributed by atoms with Crippen LogP contribution >= 0.6 is 0 Å². The second-order valence-corrected chi connectivity index (χ2v) is 3.45. The zero-order valence-corrected chi connectivity index (χ0v) is 9.48. The predicted molar refractivity (Wildman–Crippen MR) is 64.9 cm³/mol. The maximum atomic E-state index is 12.7. The third-order valence-corrected chi connectivity index (χ3v) is 2.12. The first-order chi connectivity index (χ1) is 8.28. The molecule has 0 saturated heterocycles. The number of ether oxygens (including phenoxy) is 1. The van der Waals surface area contributed by atoms with Crippen LogP contribution in [0.25, 0.3) is 0 Å².